The predicted octanol–water partition coefficient (Wildman–Crippen LogP) is 0.671. The molecule has 0 radical (unpaired) electrons. The van der Waals surface area contributed by atoms with Gasteiger partial charge in [0, 0.05) is 19.2 Å². The fraction of sp³-hybridized carbons (Fsp3) is 0.462. The lowest BCUT2D eigenvalue weighted by Crippen LogP contribution is -2.32. The summed E-state index contributed by atoms with van der Waals surface area (Å²) < 4.78 is 5.90. The van der Waals surface area contributed by atoms with Crippen molar-refractivity contribution >= 4 is 41.2 Å². The number of carbonyl (C=O) groups excluding carboxylic acids is 2. The van der Waals surface area contributed by atoms with Crippen molar-refractivity contribution in [3.8, 4) is 0 Å². The van der Waals surface area contributed by atoms with Gasteiger partial charge in [-0.25, -0.2) is 4.68 Å². The Labute approximate surface area is 152 Å². The summed E-state index contributed by atoms with van der Waals surface area (Å²) >= 11 is 2.34. The number of hydrogen-bond donors (Lipinski definition) is 2. The summed E-state index contributed by atoms with van der Waals surface area (Å²) in [6, 6.07) is 1.54. The lowest BCUT2D eigenvalue weighted by atomic mass is 10.5. The number of anilines is 1. The number of thioether (sulfide) groups is 2. The average molecular weight is 385 g/mol. The molecule has 10 nitrogen and oxygen atoms in total. The summed E-state index contributed by atoms with van der Waals surface area (Å²) in [5, 5.41) is 14.8. The van der Waals surface area contributed by atoms with Gasteiger partial charge < -0.3 is 20.6 Å². The predicted molar refractivity (Wildman–Crippen MR) is 94.7 cm³/mol. The van der Waals surface area contributed by atoms with Crippen molar-refractivity contribution in [3.05, 3.63) is 12.3 Å². The zero-order chi connectivity index (χ0) is 18.2. The van der Waals surface area contributed by atoms with Gasteiger partial charge in [0.05, 0.1) is 11.5 Å². The molecule has 2 amide bonds. The molecule has 0 aromatic carbocycles. The minimum atomic E-state index is -0.271. The molecule has 0 saturated carbocycles. The van der Waals surface area contributed by atoms with Gasteiger partial charge in [0.2, 0.25) is 22.1 Å². The molecule has 25 heavy (non-hydrogen) atoms. The molecule has 0 fully saturated rings. The maximum atomic E-state index is 12.0. The molecule has 0 saturated heterocycles. The molecule has 0 unspecified atom stereocenters. The van der Waals surface area contributed by atoms with Gasteiger partial charge in [-0.05, 0) is 13.8 Å². The van der Waals surface area contributed by atoms with E-state index in [9.17, 15) is 9.59 Å². The first-order valence-electron chi connectivity index (χ1n) is 7.49. The molecular weight excluding hydrogens is 366 g/mol. The van der Waals surface area contributed by atoms with Gasteiger partial charge in [-0.2, -0.15) is 0 Å². The second-order valence-electron chi connectivity index (χ2n) is 4.71. The van der Waals surface area contributed by atoms with E-state index in [1.54, 1.807) is 4.90 Å². The molecule has 0 aliphatic carbocycles. The average Bonchev–Trinajstić information content (AvgIpc) is 3.22. The van der Waals surface area contributed by atoms with Crippen molar-refractivity contribution in [2.75, 3.05) is 35.8 Å². The molecule has 2 rings (SSSR count). The largest absolute Gasteiger partial charge is 0.363 e. The first-order chi connectivity index (χ1) is 12.0. The number of rotatable bonds is 9. The summed E-state index contributed by atoms with van der Waals surface area (Å²) in [6.45, 7) is 5.17. The van der Waals surface area contributed by atoms with Crippen molar-refractivity contribution in [1.29, 1.82) is 0 Å². The van der Waals surface area contributed by atoms with Crippen LogP contribution in [0.5, 0.6) is 0 Å². The number of amides is 2. The van der Waals surface area contributed by atoms with Gasteiger partial charge in [-0.15, -0.1) is 10.2 Å². The number of carbonyl (C=O) groups is 2. The maximum Gasteiger partial charge on any atom is 0.236 e. The van der Waals surface area contributed by atoms with E-state index in [0.717, 1.165) is 11.8 Å². The normalized spacial score (nSPS) is 10.6. The molecule has 0 spiro atoms. The van der Waals surface area contributed by atoms with Crippen LogP contribution in [-0.4, -0.2) is 61.3 Å². The van der Waals surface area contributed by atoms with Crippen LogP contribution in [0.3, 0.4) is 0 Å². The van der Waals surface area contributed by atoms with E-state index in [1.807, 2.05) is 13.8 Å². The molecule has 0 atom stereocenters. The van der Waals surface area contributed by atoms with Gasteiger partial charge in [-0.1, -0.05) is 28.7 Å². The molecule has 136 valence electrons. The summed E-state index contributed by atoms with van der Waals surface area (Å²) in [5.74, 6) is 6.32. The molecule has 2 aromatic heterocycles. The number of hydrogen-bond acceptors (Lipinski definition) is 9. The number of nitrogens with zero attached hydrogens (tertiary/aromatic N) is 5. The molecular formula is C13H19N7O3S2. The smallest absolute Gasteiger partial charge is 0.236 e. The molecule has 2 heterocycles. The van der Waals surface area contributed by atoms with E-state index in [0.29, 0.717) is 29.2 Å². The van der Waals surface area contributed by atoms with Crippen LogP contribution in [-0.2, 0) is 9.59 Å². The standard InChI is InChI=1S/C13H19N7O3S2/c1-3-19(4-2)11(22)8-25-13-17-16-12(20(13)14)24-7-10(21)15-9-5-6-23-18-9/h5-6H,3-4,7-8,14H2,1-2H3,(H,15,18,21). The second kappa shape index (κ2) is 9.32. The van der Waals surface area contributed by atoms with E-state index in [1.165, 1.54) is 28.8 Å². The van der Waals surface area contributed by atoms with Crippen molar-refractivity contribution in [2.24, 2.45) is 0 Å². The highest BCUT2D eigenvalue weighted by atomic mass is 32.2. The fourth-order valence-corrected chi connectivity index (χ4v) is 3.31. The van der Waals surface area contributed by atoms with Crippen LogP contribution < -0.4 is 11.2 Å². The Bertz CT molecular complexity index is 701. The Balaban J connectivity index is 1.83. The molecule has 0 aliphatic heterocycles. The molecule has 0 aliphatic rings. The zero-order valence-corrected chi connectivity index (χ0v) is 15.5. The minimum absolute atomic E-state index is 0.0131. The van der Waals surface area contributed by atoms with Gasteiger partial charge in [0.25, 0.3) is 0 Å². The summed E-state index contributed by atoms with van der Waals surface area (Å²) in [4.78, 5) is 25.5. The third-order valence-electron chi connectivity index (χ3n) is 3.11. The highest BCUT2D eigenvalue weighted by Gasteiger charge is 2.16. The Morgan fingerprint density at radius 2 is 1.88 bits per heavy atom. The summed E-state index contributed by atoms with van der Waals surface area (Å²) in [5.41, 5.74) is 0. The topological polar surface area (TPSA) is 132 Å². The monoisotopic (exact) mass is 385 g/mol. The van der Waals surface area contributed by atoms with Crippen LogP contribution >= 0.6 is 23.5 Å². The first kappa shape index (κ1) is 19.1. The van der Waals surface area contributed by atoms with Crippen LogP contribution in [0.2, 0.25) is 0 Å². The first-order valence-corrected chi connectivity index (χ1v) is 9.46. The van der Waals surface area contributed by atoms with Gasteiger partial charge in [-0.3, -0.25) is 9.59 Å². The number of nitrogens with two attached hydrogens (primary N) is 1. The van der Waals surface area contributed by atoms with Crippen molar-refractivity contribution in [2.45, 2.75) is 24.2 Å². The van der Waals surface area contributed by atoms with Gasteiger partial charge in [0.1, 0.15) is 6.26 Å². The highest BCUT2D eigenvalue weighted by molar-refractivity contribution is 8.00. The number of nitrogens with one attached hydrogen (secondary N) is 1. The van der Waals surface area contributed by atoms with Gasteiger partial charge in [0.15, 0.2) is 5.82 Å². The molecule has 12 heteroatoms. The van der Waals surface area contributed by atoms with Gasteiger partial charge >= 0.3 is 0 Å². The van der Waals surface area contributed by atoms with Crippen LogP contribution in [0.1, 0.15) is 13.8 Å². The van der Waals surface area contributed by atoms with E-state index in [2.05, 4.69) is 25.2 Å². The molecule has 3 N–H and O–H groups in total. The molecule has 2 aromatic rings. The third kappa shape index (κ3) is 5.39. The Morgan fingerprint density at radius 1 is 1.24 bits per heavy atom. The van der Waals surface area contributed by atoms with Crippen molar-refractivity contribution in [1.82, 2.24) is 24.9 Å². The van der Waals surface area contributed by atoms with Crippen LogP contribution in [0.15, 0.2) is 27.2 Å². The fourth-order valence-electron chi connectivity index (χ4n) is 1.84. The summed E-state index contributed by atoms with van der Waals surface area (Å²) in [6.07, 6.45) is 1.36. The van der Waals surface area contributed by atoms with E-state index in [-0.39, 0.29) is 23.3 Å². The van der Waals surface area contributed by atoms with E-state index in [4.69, 9.17) is 5.84 Å². The van der Waals surface area contributed by atoms with E-state index >= 15 is 0 Å². The van der Waals surface area contributed by atoms with Crippen LogP contribution in [0.4, 0.5) is 5.82 Å². The van der Waals surface area contributed by atoms with Crippen LogP contribution in [0, 0.1) is 0 Å². The summed E-state index contributed by atoms with van der Waals surface area (Å²) in [7, 11) is 0. The lowest BCUT2D eigenvalue weighted by molar-refractivity contribution is -0.128. The van der Waals surface area contributed by atoms with Crippen LogP contribution in [0.25, 0.3) is 0 Å². The van der Waals surface area contributed by atoms with Crippen molar-refractivity contribution < 1.29 is 14.1 Å². The third-order valence-corrected chi connectivity index (χ3v) is 4.98. The minimum Gasteiger partial charge on any atom is -0.363 e. The Hall–Kier alpha value is -2.21. The maximum absolute atomic E-state index is 12.0. The Morgan fingerprint density at radius 3 is 2.44 bits per heavy atom. The zero-order valence-electron chi connectivity index (χ0n) is 13.8. The van der Waals surface area contributed by atoms with Crippen molar-refractivity contribution in [3.63, 3.8) is 0 Å². The highest BCUT2D eigenvalue weighted by Crippen LogP contribution is 2.21. The second-order valence-corrected chi connectivity index (χ2v) is 6.60. The van der Waals surface area contributed by atoms with E-state index < -0.39 is 0 Å². The quantitative estimate of drug-likeness (QED) is 0.472. The molecule has 0 bridgehead atoms. The lowest BCUT2D eigenvalue weighted by Gasteiger charge is -2.17. The number of aromatic nitrogens is 4. The number of nitrogen functional groups attached to an aromatic ring is 1. The SMILES string of the molecule is CCN(CC)C(=O)CSc1nnc(SCC(=O)Nc2ccon2)n1N. The Kier molecular flexibility index (Phi) is 7.13.